The van der Waals surface area contributed by atoms with Gasteiger partial charge in [0.25, 0.3) is 0 Å². The highest BCUT2D eigenvalue weighted by molar-refractivity contribution is 5.91. The number of hydrogen-bond acceptors (Lipinski definition) is 5. The topological polar surface area (TPSA) is 89.9 Å². The molecule has 0 heterocycles. The summed E-state index contributed by atoms with van der Waals surface area (Å²) in [7, 11) is 0. The van der Waals surface area contributed by atoms with Gasteiger partial charge in [-0.25, -0.2) is 14.4 Å². The molecule has 0 fully saturated rings. The fraction of sp³-hybridized carbons (Fsp3) is 0.300. The second-order valence-electron chi connectivity index (χ2n) is 2.86. The molecule has 6 nitrogen and oxygen atoms in total. The van der Waals surface area contributed by atoms with Crippen molar-refractivity contribution in [2.45, 2.75) is 20.1 Å². The highest BCUT2D eigenvalue weighted by atomic mass is 16.7. The zero-order chi connectivity index (χ0) is 12.7. The number of rotatable bonds is 5. The summed E-state index contributed by atoms with van der Waals surface area (Å²) in [6.07, 6.45) is 0.235. The van der Waals surface area contributed by atoms with Crippen molar-refractivity contribution in [3.8, 4) is 0 Å². The first-order valence-electron chi connectivity index (χ1n) is 4.31. The van der Waals surface area contributed by atoms with Crippen LogP contribution in [0.15, 0.2) is 24.3 Å². The Bertz CT molecular complexity index is 341. The molecule has 0 aliphatic carbocycles. The minimum Gasteiger partial charge on any atom is -0.478 e. The van der Waals surface area contributed by atoms with E-state index in [4.69, 9.17) is 5.11 Å². The van der Waals surface area contributed by atoms with Gasteiger partial charge in [0, 0.05) is 24.6 Å². The van der Waals surface area contributed by atoms with Gasteiger partial charge in [-0.2, -0.15) is 0 Å². The highest BCUT2D eigenvalue weighted by Gasteiger charge is 2.12. The van der Waals surface area contributed by atoms with Crippen molar-refractivity contribution in [1.29, 1.82) is 0 Å². The number of hydrogen-bond donors (Lipinski definition) is 1. The molecular weight excluding hydrogens is 216 g/mol. The van der Waals surface area contributed by atoms with Crippen LogP contribution >= 0.6 is 0 Å². The third kappa shape index (κ3) is 6.36. The molecule has 0 saturated carbocycles. The molecule has 0 rings (SSSR count). The van der Waals surface area contributed by atoms with Crippen LogP contribution in [0.2, 0.25) is 0 Å². The predicted octanol–water partition coefficient (Wildman–Crippen LogP) is 0.636. The minimum atomic E-state index is -1.27. The fourth-order valence-corrected chi connectivity index (χ4v) is 0.618. The van der Waals surface area contributed by atoms with E-state index in [2.05, 4.69) is 16.1 Å². The normalized spacial score (nSPS) is 11.9. The first kappa shape index (κ1) is 13.9. The maximum atomic E-state index is 11.0. The van der Waals surface area contributed by atoms with Crippen LogP contribution in [-0.2, 0) is 23.9 Å². The second-order valence-corrected chi connectivity index (χ2v) is 2.86. The first-order chi connectivity index (χ1) is 7.32. The zero-order valence-electron chi connectivity index (χ0n) is 8.93. The Hall–Kier alpha value is -2.11. The van der Waals surface area contributed by atoms with Gasteiger partial charge in [0.15, 0.2) is 0 Å². The van der Waals surface area contributed by atoms with Gasteiger partial charge in [-0.05, 0) is 6.92 Å². The fourth-order valence-electron chi connectivity index (χ4n) is 0.618. The number of carboxylic acid groups (broad SMARTS) is 1. The van der Waals surface area contributed by atoms with Crippen LogP contribution in [-0.4, -0.2) is 29.3 Å². The molecule has 6 heteroatoms. The molecule has 0 aliphatic heterocycles. The number of esters is 2. The first-order valence-corrected chi connectivity index (χ1v) is 4.31. The van der Waals surface area contributed by atoms with E-state index < -0.39 is 24.2 Å². The molecule has 0 spiro atoms. The SMILES string of the molecule is C=C(C)C(=O)OC(C)OC(=O)C=CC(=O)O. The molecule has 1 N–H and O–H groups in total. The summed E-state index contributed by atoms with van der Waals surface area (Å²) in [5.74, 6) is -2.88. The lowest BCUT2D eigenvalue weighted by atomic mass is 10.4. The number of carboxylic acids is 1. The van der Waals surface area contributed by atoms with Crippen LogP contribution in [0, 0.1) is 0 Å². The van der Waals surface area contributed by atoms with E-state index in [9.17, 15) is 14.4 Å². The Kier molecular flexibility index (Phi) is 5.55. The molecule has 0 aromatic rings. The van der Waals surface area contributed by atoms with Crippen LogP contribution in [0.5, 0.6) is 0 Å². The van der Waals surface area contributed by atoms with Crippen molar-refractivity contribution < 1.29 is 29.0 Å². The molecule has 0 amide bonds. The van der Waals surface area contributed by atoms with Crippen molar-refractivity contribution in [1.82, 2.24) is 0 Å². The second kappa shape index (κ2) is 6.39. The van der Waals surface area contributed by atoms with E-state index in [1.54, 1.807) is 0 Å². The maximum Gasteiger partial charge on any atom is 0.336 e. The Labute approximate surface area is 92.2 Å². The van der Waals surface area contributed by atoms with Crippen LogP contribution in [0.1, 0.15) is 13.8 Å². The van der Waals surface area contributed by atoms with E-state index in [1.165, 1.54) is 13.8 Å². The molecule has 0 aromatic carbocycles. The minimum absolute atomic E-state index is 0.170. The summed E-state index contributed by atoms with van der Waals surface area (Å²) in [5.41, 5.74) is 0.170. The van der Waals surface area contributed by atoms with Crippen LogP contribution < -0.4 is 0 Å². The summed E-state index contributed by atoms with van der Waals surface area (Å²) in [6.45, 7) is 6.11. The Balaban J connectivity index is 4.10. The third-order valence-corrected chi connectivity index (χ3v) is 1.27. The lowest BCUT2D eigenvalue weighted by molar-refractivity contribution is -0.178. The van der Waals surface area contributed by atoms with Gasteiger partial charge < -0.3 is 14.6 Å². The molecule has 1 unspecified atom stereocenters. The zero-order valence-corrected chi connectivity index (χ0v) is 8.93. The molecule has 0 saturated heterocycles. The highest BCUT2D eigenvalue weighted by Crippen LogP contribution is 2.00. The summed E-state index contributed by atoms with van der Waals surface area (Å²) in [6, 6.07) is 0. The summed E-state index contributed by atoms with van der Waals surface area (Å²) in [5, 5.41) is 8.22. The molecule has 0 aromatic heterocycles. The van der Waals surface area contributed by atoms with Crippen LogP contribution in [0.25, 0.3) is 0 Å². The largest absolute Gasteiger partial charge is 0.478 e. The van der Waals surface area contributed by atoms with Gasteiger partial charge in [0.1, 0.15) is 0 Å². The van der Waals surface area contributed by atoms with E-state index in [0.717, 1.165) is 0 Å². The molecular formula is C10H12O6. The third-order valence-electron chi connectivity index (χ3n) is 1.27. The Morgan fingerprint density at radius 1 is 1.25 bits per heavy atom. The van der Waals surface area contributed by atoms with Crippen molar-refractivity contribution in [2.75, 3.05) is 0 Å². The predicted molar refractivity (Wildman–Crippen MR) is 53.2 cm³/mol. The molecule has 0 aliphatic rings. The number of carbonyl (C=O) groups excluding carboxylic acids is 2. The molecule has 88 valence electrons. The van der Waals surface area contributed by atoms with Crippen molar-refractivity contribution in [2.24, 2.45) is 0 Å². The number of aliphatic carboxylic acids is 1. The van der Waals surface area contributed by atoms with Gasteiger partial charge in [-0.3, -0.25) is 0 Å². The lowest BCUT2D eigenvalue weighted by Crippen LogP contribution is -2.21. The van der Waals surface area contributed by atoms with Gasteiger partial charge >= 0.3 is 17.9 Å². The maximum absolute atomic E-state index is 11.0. The molecule has 16 heavy (non-hydrogen) atoms. The summed E-state index contributed by atoms with van der Waals surface area (Å²) in [4.78, 5) is 32.0. The monoisotopic (exact) mass is 228 g/mol. The molecule has 1 atom stereocenters. The van der Waals surface area contributed by atoms with Gasteiger partial charge in [0.05, 0.1) is 0 Å². The summed E-state index contributed by atoms with van der Waals surface area (Å²) < 4.78 is 9.17. The quantitative estimate of drug-likeness (QED) is 0.422. The smallest absolute Gasteiger partial charge is 0.336 e. The summed E-state index contributed by atoms with van der Waals surface area (Å²) >= 11 is 0. The van der Waals surface area contributed by atoms with Crippen molar-refractivity contribution in [3.63, 3.8) is 0 Å². The Morgan fingerprint density at radius 2 is 1.81 bits per heavy atom. The average molecular weight is 228 g/mol. The van der Waals surface area contributed by atoms with Crippen molar-refractivity contribution in [3.05, 3.63) is 24.3 Å². The molecule has 0 bridgehead atoms. The van der Waals surface area contributed by atoms with Gasteiger partial charge in [-0.1, -0.05) is 6.58 Å². The van der Waals surface area contributed by atoms with Crippen molar-refractivity contribution >= 4 is 17.9 Å². The van der Waals surface area contributed by atoms with Crippen LogP contribution in [0.3, 0.4) is 0 Å². The van der Waals surface area contributed by atoms with E-state index >= 15 is 0 Å². The number of carbonyl (C=O) groups is 3. The lowest BCUT2D eigenvalue weighted by Gasteiger charge is -2.12. The van der Waals surface area contributed by atoms with Gasteiger partial charge in [-0.15, -0.1) is 0 Å². The molecule has 0 radical (unpaired) electrons. The van der Waals surface area contributed by atoms with Crippen LogP contribution in [0.4, 0.5) is 0 Å². The number of ether oxygens (including phenoxy) is 2. The van der Waals surface area contributed by atoms with E-state index in [1.807, 2.05) is 0 Å². The van der Waals surface area contributed by atoms with E-state index in [-0.39, 0.29) is 5.57 Å². The Morgan fingerprint density at radius 3 is 2.25 bits per heavy atom. The standard InChI is InChI=1S/C10H12O6/c1-6(2)10(14)16-7(3)15-9(13)5-4-8(11)12/h4-5,7H,1H2,2-3H3,(H,11,12). The van der Waals surface area contributed by atoms with Gasteiger partial charge in [0.2, 0.25) is 6.29 Å². The average Bonchev–Trinajstić information content (AvgIpc) is 2.14. The van der Waals surface area contributed by atoms with E-state index in [0.29, 0.717) is 12.2 Å².